The van der Waals surface area contributed by atoms with Crippen molar-refractivity contribution in [2.45, 2.75) is 25.8 Å². The van der Waals surface area contributed by atoms with Gasteiger partial charge >= 0.3 is 11.9 Å². The molecule has 1 atom stereocenters. The van der Waals surface area contributed by atoms with Crippen molar-refractivity contribution in [1.82, 2.24) is 15.5 Å². The molecule has 1 amide bonds. The number of aromatic nitrogens is 2. The molecular formula is C11H15N3O5. The van der Waals surface area contributed by atoms with Crippen LogP contribution in [0, 0.1) is 0 Å². The van der Waals surface area contributed by atoms with Gasteiger partial charge < -0.3 is 15.2 Å². The number of nitrogens with one attached hydrogen (secondary N) is 2. The van der Waals surface area contributed by atoms with Crippen LogP contribution in [0.3, 0.4) is 0 Å². The summed E-state index contributed by atoms with van der Waals surface area (Å²) < 4.78 is 4.69. The van der Waals surface area contributed by atoms with E-state index in [4.69, 9.17) is 5.11 Å². The monoisotopic (exact) mass is 269 g/mol. The Bertz CT molecular complexity index is 443. The number of esters is 1. The molecule has 19 heavy (non-hydrogen) atoms. The summed E-state index contributed by atoms with van der Waals surface area (Å²) in [5, 5.41) is 17.3. The highest BCUT2D eigenvalue weighted by atomic mass is 16.5. The molecule has 8 nitrogen and oxygen atoms in total. The van der Waals surface area contributed by atoms with Crippen LogP contribution in [0.1, 0.15) is 30.3 Å². The van der Waals surface area contributed by atoms with E-state index in [1.807, 2.05) is 0 Å². The van der Waals surface area contributed by atoms with E-state index in [1.54, 1.807) is 6.92 Å². The summed E-state index contributed by atoms with van der Waals surface area (Å²) in [7, 11) is 0. The lowest BCUT2D eigenvalue weighted by atomic mass is 10.1. The fraction of sp³-hybridized carbons (Fsp3) is 0.455. The summed E-state index contributed by atoms with van der Waals surface area (Å²) in [6.45, 7) is 1.89. The molecule has 8 heteroatoms. The number of carbonyl (C=O) groups excluding carboxylic acids is 2. The molecule has 1 heterocycles. The van der Waals surface area contributed by atoms with Crippen molar-refractivity contribution in [2.24, 2.45) is 0 Å². The average Bonchev–Trinajstić information content (AvgIpc) is 2.88. The van der Waals surface area contributed by atoms with Crippen molar-refractivity contribution in [3.63, 3.8) is 0 Å². The van der Waals surface area contributed by atoms with E-state index in [-0.39, 0.29) is 25.1 Å². The van der Waals surface area contributed by atoms with Crippen LogP contribution in [0.15, 0.2) is 12.3 Å². The number of rotatable bonds is 7. The van der Waals surface area contributed by atoms with E-state index in [1.165, 1.54) is 12.3 Å². The zero-order chi connectivity index (χ0) is 14.3. The summed E-state index contributed by atoms with van der Waals surface area (Å²) in [6, 6.07) is 0.264. The van der Waals surface area contributed by atoms with Crippen molar-refractivity contribution < 1.29 is 24.2 Å². The molecule has 1 aromatic heterocycles. The Kier molecular flexibility index (Phi) is 5.52. The molecule has 0 spiro atoms. The first-order valence-electron chi connectivity index (χ1n) is 5.73. The van der Waals surface area contributed by atoms with E-state index in [9.17, 15) is 14.4 Å². The Morgan fingerprint density at radius 2 is 2.26 bits per heavy atom. The van der Waals surface area contributed by atoms with Gasteiger partial charge in [0.15, 0.2) is 0 Å². The average molecular weight is 269 g/mol. The Morgan fingerprint density at radius 1 is 1.53 bits per heavy atom. The highest BCUT2D eigenvalue weighted by Gasteiger charge is 2.22. The van der Waals surface area contributed by atoms with Crippen LogP contribution in [-0.2, 0) is 14.3 Å². The van der Waals surface area contributed by atoms with Crippen molar-refractivity contribution in [2.75, 3.05) is 6.61 Å². The zero-order valence-corrected chi connectivity index (χ0v) is 10.4. The van der Waals surface area contributed by atoms with E-state index in [0.29, 0.717) is 0 Å². The molecule has 1 aromatic rings. The van der Waals surface area contributed by atoms with E-state index in [2.05, 4.69) is 20.3 Å². The number of hydrogen-bond acceptors (Lipinski definition) is 5. The number of ether oxygens (including phenoxy) is 1. The molecule has 0 aromatic carbocycles. The van der Waals surface area contributed by atoms with E-state index in [0.717, 1.165) is 0 Å². The third-order valence-electron chi connectivity index (χ3n) is 2.29. The number of aromatic amines is 1. The van der Waals surface area contributed by atoms with Gasteiger partial charge in [0.05, 0.1) is 6.61 Å². The highest BCUT2D eigenvalue weighted by Crippen LogP contribution is 2.02. The maximum Gasteiger partial charge on any atom is 0.326 e. The summed E-state index contributed by atoms with van der Waals surface area (Å²) >= 11 is 0. The van der Waals surface area contributed by atoms with Gasteiger partial charge in [-0.2, -0.15) is 5.10 Å². The van der Waals surface area contributed by atoms with E-state index >= 15 is 0 Å². The molecule has 0 fully saturated rings. The van der Waals surface area contributed by atoms with Gasteiger partial charge in [0.25, 0.3) is 5.91 Å². The second-order valence-electron chi connectivity index (χ2n) is 3.68. The Labute approximate surface area is 109 Å². The number of hydrogen-bond donors (Lipinski definition) is 3. The van der Waals surface area contributed by atoms with Gasteiger partial charge in [0.1, 0.15) is 11.7 Å². The zero-order valence-electron chi connectivity index (χ0n) is 10.4. The maximum absolute atomic E-state index is 11.6. The van der Waals surface area contributed by atoms with Crippen LogP contribution in [0.25, 0.3) is 0 Å². The van der Waals surface area contributed by atoms with Crippen LogP contribution in [0.2, 0.25) is 0 Å². The molecule has 0 saturated heterocycles. The molecule has 3 N–H and O–H groups in total. The molecule has 0 aliphatic carbocycles. The number of carboxylic acid groups (broad SMARTS) is 1. The normalized spacial score (nSPS) is 11.6. The quantitative estimate of drug-likeness (QED) is 0.596. The minimum atomic E-state index is -1.21. The smallest absolute Gasteiger partial charge is 0.326 e. The number of nitrogens with zero attached hydrogens (tertiary/aromatic N) is 1. The van der Waals surface area contributed by atoms with Gasteiger partial charge in [-0.1, -0.05) is 0 Å². The predicted molar refractivity (Wildman–Crippen MR) is 63.3 cm³/mol. The van der Waals surface area contributed by atoms with Gasteiger partial charge in [-0.05, 0) is 19.4 Å². The van der Waals surface area contributed by atoms with Crippen LogP contribution in [0.5, 0.6) is 0 Å². The largest absolute Gasteiger partial charge is 0.480 e. The minimum absolute atomic E-state index is 0.0337. The molecule has 0 aliphatic rings. The van der Waals surface area contributed by atoms with Crippen molar-refractivity contribution in [3.8, 4) is 0 Å². The fourth-order valence-electron chi connectivity index (χ4n) is 1.37. The van der Waals surface area contributed by atoms with Gasteiger partial charge in [0, 0.05) is 12.6 Å². The Hall–Kier alpha value is -2.38. The minimum Gasteiger partial charge on any atom is -0.480 e. The number of carboxylic acids is 1. The summed E-state index contributed by atoms with van der Waals surface area (Å²) in [4.78, 5) is 33.8. The Morgan fingerprint density at radius 3 is 2.79 bits per heavy atom. The number of carbonyl (C=O) groups is 3. The number of H-pyrrole nitrogens is 1. The lowest BCUT2D eigenvalue weighted by Crippen LogP contribution is -2.41. The molecule has 0 saturated carbocycles. The summed E-state index contributed by atoms with van der Waals surface area (Å²) in [6.07, 6.45) is 1.27. The second-order valence-corrected chi connectivity index (χ2v) is 3.68. The highest BCUT2D eigenvalue weighted by molar-refractivity contribution is 5.94. The molecule has 1 rings (SSSR count). The lowest BCUT2D eigenvalue weighted by Gasteiger charge is -2.13. The van der Waals surface area contributed by atoms with E-state index < -0.39 is 23.9 Å². The standard InChI is InChI=1S/C11H15N3O5/c1-2-19-9(15)4-3-8(11(17)18)13-10(16)7-5-6-12-14-7/h5-6,8H,2-4H2,1H3,(H,12,14)(H,13,16)(H,17,18)/t8-/m0/s1. The van der Waals surface area contributed by atoms with Crippen LogP contribution >= 0.6 is 0 Å². The number of amides is 1. The van der Waals surface area contributed by atoms with Crippen molar-refractivity contribution in [1.29, 1.82) is 0 Å². The summed E-state index contributed by atoms with van der Waals surface area (Å²) in [5.74, 6) is -2.30. The fourth-order valence-corrected chi connectivity index (χ4v) is 1.37. The molecule has 0 aliphatic heterocycles. The lowest BCUT2D eigenvalue weighted by molar-refractivity contribution is -0.144. The topological polar surface area (TPSA) is 121 Å². The SMILES string of the molecule is CCOC(=O)CC[C@H](NC(=O)c1ccn[nH]1)C(=O)O. The van der Waals surface area contributed by atoms with Crippen LogP contribution < -0.4 is 5.32 Å². The third kappa shape index (κ3) is 4.78. The van der Waals surface area contributed by atoms with Crippen LogP contribution in [-0.4, -0.2) is 45.8 Å². The molecule has 0 radical (unpaired) electrons. The Balaban J connectivity index is 2.51. The van der Waals surface area contributed by atoms with Crippen LogP contribution in [0.4, 0.5) is 0 Å². The summed E-state index contributed by atoms with van der Waals surface area (Å²) in [5.41, 5.74) is 0.155. The first kappa shape index (κ1) is 14.7. The second kappa shape index (κ2) is 7.14. The van der Waals surface area contributed by atoms with Gasteiger partial charge in [-0.15, -0.1) is 0 Å². The predicted octanol–water partition coefficient (Wildman–Crippen LogP) is -0.0640. The molecule has 104 valence electrons. The molecule has 0 unspecified atom stereocenters. The van der Waals surface area contributed by atoms with Gasteiger partial charge in [-0.25, -0.2) is 4.79 Å². The first-order chi connectivity index (χ1) is 9.04. The first-order valence-corrected chi connectivity index (χ1v) is 5.73. The third-order valence-corrected chi connectivity index (χ3v) is 2.29. The number of aliphatic carboxylic acids is 1. The molecule has 0 bridgehead atoms. The molecular weight excluding hydrogens is 254 g/mol. The maximum atomic E-state index is 11.6. The van der Waals surface area contributed by atoms with Crippen molar-refractivity contribution >= 4 is 17.8 Å². The van der Waals surface area contributed by atoms with Gasteiger partial charge in [-0.3, -0.25) is 14.7 Å². The van der Waals surface area contributed by atoms with Gasteiger partial charge in [0.2, 0.25) is 0 Å². The van der Waals surface area contributed by atoms with Crippen molar-refractivity contribution in [3.05, 3.63) is 18.0 Å².